The smallest absolute Gasteiger partial charge is 0.0245 e. The van der Waals surface area contributed by atoms with Crippen LogP contribution in [0.2, 0.25) is 0 Å². The monoisotopic (exact) mass is 172 g/mol. The maximum Gasteiger partial charge on any atom is 0.0245 e. The highest BCUT2D eigenvalue weighted by atomic mass is 79.9. The molecule has 0 aromatic carbocycles. The fraction of sp³-hybridized carbons (Fsp3) is 0.714. The maximum atomic E-state index is 3.62. The number of alkyl halides is 1. The predicted molar refractivity (Wildman–Crippen MR) is 38.1 cm³/mol. The summed E-state index contributed by atoms with van der Waals surface area (Å²) in [4.78, 5) is 0.834. The normalized spacial score (nSPS) is 50.9. The van der Waals surface area contributed by atoms with Gasteiger partial charge in [0.25, 0.3) is 0 Å². The first-order valence-electron chi connectivity index (χ1n) is 3.20. The molecule has 8 heavy (non-hydrogen) atoms. The summed E-state index contributed by atoms with van der Waals surface area (Å²) in [5.74, 6) is 1.91. The summed E-state index contributed by atoms with van der Waals surface area (Å²) in [6.07, 6.45) is 7.39. The number of fused-ring (bicyclic) bond motifs is 1. The third kappa shape index (κ3) is 0.572. The van der Waals surface area contributed by atoms with Gasteiger partial charge in [-0.3, -0.25) is 0 Å². The van der Waals surface area contributed by atoms with Gasteiger partial charge in [0.1, 0.15) is 0 Å². The molecule has 0 amide bonds. The van der Waals surface area contributed by atoms with Gasteiger partial charge < -0.3 is 0 Å². The van der Waals surface area contributed by atoms with Gasteiger partial charge in [0, 0.05) is 4.83 Å². The van der Waals surface area contributed by atoms with E-state index in [1.54, 1.807) is 0 Å². The summed E-state index contributed by atoms with van der Waals surface area (Å²) >= 11 is 3.62. The van der Waals surface area contributed by atoms with Gasteiger partial charge in [-0.25, -0.2) is 0 Å². The lowest BCUT2D eigenvalue weighted by molar-refractivity contribution is 0.684. The minimum atomic E-state index is 0.834. The number of hydrogen-bond acceptors (Lipinski definition) is 0. The molecule has 0 nitrogen and oxygen atoms in total. The molecule has 3 atom stereocenters. The van der Waals surface area contributed by atoms with Gasteiger partial charge in [-0.1, -0.05) is 28.1 Å². The third-order valence-corrected chi connectivity index (χ3v) is 3.44. The van der Waals surface area contributed by atoms with Crippen molar-refractivity contribution in [2.75, 3.05) is 0 Å². The second kappa shape index (κ2) is 1.60. The van der Waals surface area contributed by atoms with Gasteiger partial charge in [0.2, 0.25) is 0 Å². The quantitative estimate of drug-likeness (QED) is 0.389. The van der Waals surface area contributed by atoms with Crippen LogP contribution in [0.25, 0.3) is 0 Å². The Bertz CT molecular complexity index is 128. The standard InChI is InChI=1S/C7H9Br/c8-7-5-3-1-2-4-6(5)7/h1,3,5-7H,2,4H2/t5-,6+,7-/m1/s1. The lowest BCUT2D eigenvalue weighted by Gasteiger charge is -1.96. The Morgan fingerprint density at radius 1 is 1.50 bits per heavy atom. The lowest BCUT2D eigenvalue weighted by atomic mass is 10.1. The molecule has 44 valence electrons. The van der Waals surface area contributed by atoms with Gasteiger partial charge in [0.15, 0.2) is 0 Å². The van der Waals surface area contributed by atoms with Crippen LogP contribution in [0.4, 0.5) is 0 Å². The van der Waals surface area contributed by atoms with E-state index in [0.29, 0.717) is 0 Å². The molecular formula is C7H9Br. The van der Waals surface area contributed by atoms with Gasteiger partial charge in [0.05, 0.1) is 0 Å². The van der Waals surface area contributed by atoms with Crippen LogP contribution >= 0.6 is 15.9 Å². The zero-order valence-corrected chi connectivity index (χ0v) is 6.26. The molecule has 0 aromatic heterocycles. The number of halogens is 1. The molecule has 0 spiro atoms. The van der Waals surface area contributed by atoms with Crippen LogP contribution in [0.5, 0.6) is 0 Å². The lowest BCUT2D eigenvalue weighted by Crippen LogP contribution is -1.83. The highest BCUT2D eigenvalue weighted by Crippen LogP contribution is 2.51. The minimum Gasteiger partial charge on any atom is -0.0882 e. The van der Waals surface area contributed by atoms with E-state index in [4.69, 9.17) is 0 Å². The van der Waals surface area contributed by atoms with E-state index < -0.39 is 0 Å². The van der Waals surface area contributed by atoms with Crippen molar-refractivity contribution in [2.45, 2.75) is 17.7 Å². The molecule has 1 heteroatoms. The third-order valence-electron chi connectivity index (χ3n) is 2.16. The van der Waals surface area contributed by atoms with Gasteiger partial charge in [-0.05, 0) is 24.7 Å². The Balaban J connectivity index is 2.12. The van der Waals surface area contributed by atoms with E-state index in [9.17, 15) is 0 Å². The van der Waals surface area contributed by atoms with Crippen molar-refractivity contribution >= 4 is 15.9 Å². The van der Waals surface area contributed by atoms with Crippen molar-refractivity contribution in [3.63, 3.8) is 0 Å². The Morgan fingerprint density at radius 2 is 2.38 bits per heavy atom. The van der Waals surface area contributed by atoms with Crippen molar-refractivity contribution in [2.24, 2.45) is 11.8 Å². The zero-order valence-electron chi connectivity index (χ0n) is 4.68. The Labute approximate surface area is 58.1 Å². The Kier molecular flexibility index (Phi) is 1.01. The van der Waals surface area contributed by atoms with Crippen LogP contribution in [0.1, 0.15) is 12.8 Å². The minimum absolute atomic E-state index is 0.834. The largest absolute Gasteiger partial charge is 0.0882 e. The Hall–Kier alpha value is 0.220. The van der Waals surface area contributed by atoms with Crippen molar-refractivity contribution in [1.82, 2.24) is 0 Å². The molecule has 0 saturated heterocycles. The van der Waals surface area contributed by atoms with Crippen LogP contribution in [0, 0.1) is 11.8 Å². The van der Waals surface area contributed by atoms with Crippen molar-refractivity contribution in [1.29, 1.82) is 0 Å². The topological polar surface area (TPSA) is 0 Å². The molecule has 0 unspecified atom stereocenters. The van der Waals surface area contributed by atoms with E-state index in [1.807, 2.05) is 0 Å². The van der Waals surface area contributed by atoms with E-state index in [2.05, 4.69) is 28.1 Å². The number of hydrogen-bond donors (Lipinski definition) is 0. The van der Waals surface area contributed by atoms with E-state index in [0.717, 1.165) is 16.7 Å². The SMILES string of the molecule is Br[C@@H]1[C@@H]2C=CCC[C@H]12. The molecule has 2 rings (SSSR count). The molecule has 2 aliphatic carbocycles. The first kappa shape index (κ1) is 5.04. The van der Waals surface area contributed by atoms with E-state index >= 15 is 0 Å². The highest BCUT2D eigenvalue weighted by molar-refractivity contribution is 9.09. The molecule has 2 aliphatic rings. The zero-order chi connectivity index (χ0) is 5.56. The molecule has 0 radical (unpaired) electrons. The van der Waals surface area contributed by atoms with Crippen molar-refractivity contribution < 1.29 is 0 Å². The number of allylic oxidation sites excluding steroid dienone is 2. The van der Waals surface area contributed by atoms with E-state index in [-0.39, 0.29) is 0 Å². The van der Waals surface area contributed by atoms with Crippen LogP contribution in [0.15, 0.2) is 12.2 Å². The van der Waals surface area contributed by atoms with Gasteiger partial charge >= 0.3 is 0 Å². The summed E-state index contributed by atoms with van der Waals surface area (Å²) < 4.78 is 0. The first-order valence-corrected chi connectivity index (χ1v) is 4.12. The average molecular weight is 173 g/mol. The summed E-state index contributed by atoms with van der Waals surface area (Å²) in [5, 5.41) is 0. The fourth-order valence-electron chi connectivity index (χ4n) is 1.50. The van der Waals surface area contributed by atoms with Crippen LogP contribution in [-0.2, 0) is 0 Å². The molecule has 0 bridgehead atoms. The molecule has 0 aromatic rings. The molecule has 0 heterocycles. The predicted octanol–water partition coefficient (Wildman–Crippen LogP) is 2.35. The highest BCUT2D eigenvalue weighted by Gasteiger charge is 2.46. The summed E-state index contributed by atoms with van der Waals surface area (Å²) in [5.41, 5.74) is 0. The number of rotatable bonds is 0. The molecule has 1 saturated carbocycles. The molecule has 0 aliphatic heterocycles. The van der Waals surface area contributed by atoms with Crippen LogP contribution in [0.3, 0.4) is 0 Å². The molecule has 1 fully saturated rings. The van der Waals surface area contributed by atoms with Crippen molar-refractivity contribution in [3.05, 3.63) is 12.2 Å². The summed E-state index contributed by atoms with van der Waals surface area (Å²) in [6, 6.07) is 0. The Morgan fingerprint density at radius 3 is 2.88 bits per heavy atom. The summed E-state index contributed by atoms with van der Waals surface area (Å²) in [7, 11) is 0. The second-order valence-corrected chi connectivity index (χ2v) is 3.75. The van der Waals surface area contributed by atoms with Gasteiger partial charge in [-0.2, -0.15) is 0 Å². The van der Waals surface area contributed by atoms with Gasteiger partial charge in [-0.15, -0.1) is 0 Å². The average Bonchev–Trinajstić information content (AvgIpc) is 2.46. The molecular weight excluding hydrogens is 164 g/mol. The van der Waals surface area contributed by atoms with Crippen molar-refractivity contribution in [3.8, 4) is 0 Å². The fourth-order valence-corrected chi connectivity index (χ4v) is 2.51. The first-order chi connectivity index (χ1) is 3.89. The maximum absolute atomic E-state index is 3.62. The van der Waals surface area contributed by atoms with Crippen LogP contribution < -0.4 is 0 Å². The van der Waals surface area contributed by atoms with E-state index in [1.165, 1.54) is 12.8 Å². The second-order valence-electron chi connectivity index (χ2n) is 2.69. The van der Waals surface area contributed by atoms with Crippen LogP contribution in [-0.4, -0.2) is 4.83 Å². The molecule has 0 N–H and O–H groups in total. The summed E-state index contributed by atoms with van der Waals surface area (Å²) in [6.45, 7) is 0.